The third-order valence-corrected chi connectivity index (χ3v) is 4.39. The molecule has 0 saturated carbocycles. The maximum absolute atomic E-state index is 12.5. The van der Waals surface area contributed by atoms with Crippen molar-refractivity contribution in [2.24, 2.45) is 5.92 Å². The van der Waals surface area contributed by atoms with Crippen LogP contribution in [0.1, 0.15) is 30.4 Å². The second kappa shape index (κ2) is 7.62. The van der Waals surface area contributed by atoms with Crippen molar-refractivity contribution in [2.75, 3.05) is 25.0 Å². The van der Waals surface area contributed by atoms with E-state index < -0.39 is 0 Å². The van der Waals surface area contributed by atoms with Crippen molar-refractivity contribution >= 4 is 23.2 Å². The summed E-state index contributed by atoms with van der Waals surface area (Å²) in [5.74, 6) is -0.0141. The Morgan fingerprint density at radius 1 is 1.50 bits per heavy atom. The first-order valence-electron chi connectivity index (χ1n) is 7.68. The van der Waals surface area contributed by atoms with Crippen molar-refractivity contribution in [3.05, 3.63) is 28.3 Å². The first kappa shape index (κ1) is 16.8. The van der Waals surface area contributed by atoms with Gasteiger partial charge in [0.25, 0.3) is 0 Å². The van der Waals surface area contributed by atoms with Gasteiger partial charge in [-0.25, -0.2) is 0 Å². The van der Waals surface area contributed by atoms with Crippen LogP contribution < -0.4 is 5.32 Å². The van der Waals surface area contributed by atoms with Gasteiger partial charge in [-0.3, -0.25) is 4.79 Å². The molecule has 0 aliphatic carbocycles. The molecule has 5 heteroatoms. The summed E-state index contributed by atoms with van der Waals surface area (Å²) in [6.07, 6.45) is 2.39. The summed E-state index contributed by atoms with van der Waals surface area (Å²) in [4.78, 5) is 14.7. The Labute approximate surface area is 137 Å². The molecule has 1 aromatic carbocycles. The number of aryl methyl sites for hydroxylation is 2. The average Bonchev–Trinajstić information content (AvgIpc) is 2.49. The van der Waals surface area contributed by atoms with Crippen LogP contribution in [-0.4, -0.2) is 30.4 Å². The number of carbonyl (C=O) groups excluding carboxylic acids is 1. The summed E-state index contributed by atoms with van der Waals surface area (Å²) in [5, 5.41) is 12.3. The minimum atomic E-state index is -0.0378. The van der Waals surface area contributed by atoms with E-state index in [4.69, 9.17) is 16.9 Å². The van der Waals surface area contributed by atoms with Gasteiger partial charge in [0.1, 0.15) is 0 Å². The van der Waals surface area contributed by atoms with Crippen molar-refractivity contribution in [2.45, 2.75) is 33.1 Å². The van der Waals surface area contributed by atoms with Gasteiger partial charge >= 0.3 is 0 Å². The molecule has 0 radical (unpaired) electrons. The fourth-order valence-corrected chi connectivity index (χ4v) is 3.35. The number of hydrogen-bond acceptors (Lipinski definition) is 3. The molecule has 1 saturated heterocycles. The van der Waals surface area contributed by atoms with Crippen LogP contribution in [0.3, 0.4) is 0 Å². The number of anilines is 1. The Morgan fingerprint density at radius 3 is 2.95 bits per heavy atom. The molecule has 22 heavy (non-hydrogen) atoms. The Morgan fingerprint density at radius 2 is 2.27 bits per heavy atom. The number of rotatable bonds is 4. The van der Waals surface area contributed by atoms with E-state index in [0.29, 0.717) is 17.1 Å². The number of likely N-dealkylation sites (tertiary alicyclic amines) is 1. The van der Waals surface area contributed by atoms with E-state index in [-0.39, 0.29) is 11.8 Å². The lowest BCUT2D eigenvalue weighted by atomic mass is 9.96. The summed E-state index contributed by atoms with van der Waals surface area (Å²) in [5.41, 5.74) is 2.78. The van der Waals surface area contributed by atoms with E-state index in [9.17, 15) is 4.79 Å². The topological polar surface area (TPSA) is 56.1 Å². The maximum Gasteiger partial charge on any atom is 0.228 e. The molecule has 0 bridgehead atoms. The summed E-state index contributed by atoms with van der Waals surface area (Å²) >= 11 is 6.25. The van der Waals surface area contributed by atoms with Gasteiger partial charge in [0.2, 0.25) is 5.91 Å². The lowest BCUT2D eigenvalue weighted by molar-refractivity contribution is -0.121. The molecule has 1 fully saturated rings. The Balaban J connectivity index is 2.02. The van der Waals surface area contributed by atoms with Gasteiger partial charge in [0, 0.05) is 19.5 Å². The van der Waals surface area contributed by atoms with E-state index in [0.717, 1.165) is 43.6 Å². The molecule has 0 spiro atoms. The van der Waals surface area contributed by atoms with Crippen molar-refractivity contribution in [1.29, 1.82) is 5.26 Å². The number of piperidine rings is 1. The zero-order valence-corrected chi connectivity index (χ0v) is 13.9. The molecule has 1 amide bonds. The van der Waals surface area contributed by atoms with Crippen LogP contribution in [0.4, 0.5) is 5.69 Å². The molecular formula is C17H22ClN3O. The van der Waals surface area contributed by atoms with Gasteiger partial charge in [-0.1, -0.05) is 17.7 Å². The van der Waals surface area contributed by atoms with Crippen LogP contribution in [0.2, 0.25) is 5.02 Å². The number of nitrogens with zero attached hydrogens (tertiary/aromatic N) is 2. The van der Waals surface area contributed by atoms with Crippen LogP contribution in [0.5, 0.6) is 0 Å². The van der Waals surface area contributed by atoms with Crippen molar-refractivity contribution in [3.63, 3.8) is 0 Å². The third-order valence-electron chi connectivity index (χ3n) is 4.10. The Bertz CT molecular complexity index is 571. The highest BCUT2D eigenvalue weighted by Crippen LogP contribution is 2.28. The summed E-state index contributed by atoms with van der Waals surface area (Å²) < 4.78 is 0. The lowest BCUT2D eigenvalue weighted by Crippen LogP contribution is -2.41. The van der Waals surface area contributed by atoms with Crippen molar-refractivity contribution in [1.82, 2.24) is 4.90 Å². The molecule has 1 aromatic rings. The quantitative estimate of drug-likeness (QED) is 0.923. The van der Waals surface area contributed by atoms with E-state index >= 15 is 0 Å². The first-order valence-corrected chi connectivity index (χ1v) is 8.06. The molecule has 1 aliphatic heterocycles. The summed E-state index contributed by atoms with van der Waals surface area (Å²) in [6.45, 7) is 6.36. The highest BCUT2D eigenvalue weighted by molar-refractivity contribution is 6.34. The highest BCUT2D eigenvalue weighted by atomic mass is 35.5. The van der Waals surface area contributed by atoms with Crippen molar-refractivity contribution in [3.8, 4) is 6.07 Å². The number of amides is 1. The van der Waals surface area contributed by atoms with Crippen LogP contribution in [0, 0.1) is 31.1 Å². The summed E-state index contributed by atoms with van der Waals surface area (Å²) in [6, 6.07) is 6.04. The summed E-state index contributed by atoms with van der Waals surface area (Å²) in [7, 11) is 0. The van der Waals surface area contributed by atoms with Gasteiger partial charge in [-0.2, -0.15) is 5.26 Å². The van der Waals surface area contributed by atoms with Gasteiger partial charge < -0.3 is 10.2 Å². The Hall–Kier alpha value is -1.57. The molecule has 4 nitrogen and oxygen atoms in total. The van der Waals surface area contributed by atoms with Gasteiger partial charge in [-0.15, -0.1) is 0 Å². The number of carbonyl (C=O) groups is 1. The van der Waals surface area contributed by atoms with Crippen LogP contribution in [-0.2, 0) is 4.79 Å². The predicted molar refractivity (Wildman–Crippen MR) is 88.9 cm³/mol. The van der Waals surface area contributed by atoms with Crippen LogP contribution in [0.25, 0.3) is 0 Å². The zero-order valence-electron chi connectivity index (χ0n) is 13.2. The second-order valence-corrected chi connectivity index (χ2v) is 6.38. The second-order valence-electron chi connectivity index (χ2n) is 5.98. The molecular weight excluding hydrogens is 298 g/mol. The molecule has 118 valence electrons. The number of nitriles is 1. The fraction of sp³-hybridized carbons (Fsp3) is 0.529. The standard InChI is InChI=1S/C17H22ClN3O/c1-12-9-13(2)16(15(18)10-12)20-17(22)14-5-3-7-21(11-14)8-4-6-19/h9-10,14H,3-5,7-8,11H2,1-2H3,(H,20,22). The molecule has 1 unspecified atom stereocenters. The fourth-order valence-electron chi connectivity index (χ4n) is 2.98. The van der Waals surface area contributed by atoms with Gasteiger partial charge in [-0.05, 0) is 50.4 Å². The average molecular weight is 320 g/mol. The van der Waals surface area contributed by atoms with E-state index in [1.807, 2.05) is 26.0 Å². The molecule has 1 aliphatic rings. The van der Waals surface area contributed by atoms with E-state index in [1.54, 1.807) is 0 Å². The predicted octanol–water partition coefficient (Wildman–Crippen LogP) is 3.52. The smallest absolute Gasteiger partial charge is 0.228 e. The number of hydrogen-bond donors (Lipinski definition) is 1. The number of halogens is 1. The molecule has 1 N–H and O–H groups in total. The zero-order chi connectivity index (χ0) is 16.1. The van der Waals surface area contributed by atoms with E-state index in [1.165, 1.54) is 0 Å². The SMILES string of the molecule is Cc1cc(C)c(NC(=O)C2CCCN(CCC#N)C2)c(Cl)c1. The largest absolute Gasteiger partial charge is 0.324 e. The van der Waals surface area contributed by atoms with E-state index in [2.05, 4.69) is 16.3 Å². The Kier molecular flexibility index (Phi) is 5.82. The minimum Gasteiger partial charge on any atom is -0.324 e. The normalized spacial score (nSPS) is 18.7. The third kappa shape index (κ3) is 4.22. The first-order chi connectivity index (χ1) is 10.5. The van der Waals surface area contributed by atoms with Crippen LogP contribution >= 0.6 is 11.6 Å². The highest BCUT2D eigenvalue weighted by Gasteiger charge is 2.26. The van der Waals surface area contributed by atoms with Gasteiger partial charge in [0.05, 0.1) is 22.7 Å². The van der Waals surface area contributed by atoms with Crippen molar-refractivity contribution < 1.29 is 4.79 Å². The number of benzene rings is 1. The number of nitrogens with one attached hydrogen (secondary N) is 1. The molecule has 1 heterocycles. The lowest BCUT2D eigenvalue weighted by Gasteiger charge is -2.31. The molecule has 2 rings (SSSR count). The molecule has 1 atom stereocenters. The maximum atomic E-state index is 12.5. The van der Waals surface area contributed by atoms with Gasteiger partial charge in [0.15, 0.2) is 0 Å². The minimum absolute atomic E-state index is 0.0236. The molecule has 0 aromatic heterocycles. The van der Waals surface area contributed by atoms with Crippen LogP contribution in [0.15, 0.2) is 12.1 Å². The monoisotopic (exact) mass is 319 g/mol.